The van der Waals surface area contributed by atoms with Crippen LogP contribution in [0.1, 0.15) is 73.1 Å². The summed E-state index contributed by atoms with van der Waals surface area (Å²) < 4.78 is 0. The minimum absolute atomic E-state index is 0.701. The molecule has 1 aliphatic carbocycles. The average Bonchev–Trinajstić information content (AvgIpc) is 2.53. The Bertz CT molecular complexity index is 302. The Kier molecular flexibility index (Phi) is 6.55. The third-order valence-corrected chi connectivity index (χ3v) is 6.36. The summed E-state index contributed by atoms with van der Waals surface area (Å²) in [6, 6.07) is 2.31. The molecule has 1 heterocycles. The van der Waals surface area contributed by atoms with Gasteiger partial charge < -0.3 is 5.32 Å². The van der Waals surface area contributed by atoms with Crippen molar-refractivity contribution in [2.24, 2.45) is 17.8 Å². The molecule has 1 saturated heterocycles. The molecule has 0 radical (unpaired) electrons. The van der Waals surface area contributed by atoms with Gasteiger partial charge in [0.25, 0.3) is 0 Å². The van der Waals surface area contributed by atoms with Gasteiger partial charge >= 0.3 is 0 Å². The Morgan fingerprint density at radius 1 is 1.10 bits per heavy atom. The molecule has 124 valence electrons. The van der Waals surface area contributed by atoms with Crippen LogP contribution in [-0.2, 0) is 0 Å². The molecule has 2 rings (SSSR count). The highest BCUT2D eigenvalue weighted by Gasteiger charge is 2.38. The van der Waals surface area contributed by atoms with Gasteiger partial charge in [-0.3, -0.25) is 4.90 Å². The van der Waals surface area contributed by atoms with E-state index < -0.39 is 0 Å². The maximum absolute atomic E-state index is 3.84. The van der Waals surface area contributed by atoms with Crippen LogP contribution in [0.15, 0.2) is 0 Å². The Labute approximate surface area is 133 Å². The van der Waals surface area contributed by atoms with Crippen molar-refractivity contribution < 1.29 is 0 Å². The predicted octanol–water partition coefficient (Wildman–Crippen LogP) is 4.30. The monoisotopic (exact) mass is 294 g/mol. The fourth-order valence-electron chi connectivity index (χ4n) is 4.63. The van der Waals surface area contributed by atoms with Crippen LogP contribution in [0.4, 0.5) is 0 Å². The van der Waals surface area contributed by atoms with Gasteiger partial charge in [0.1, 0.15) is 0 Å². The first-order chi connectivity index (χ1) is 10.1. The molecule has 1 saturated carbocycles. The molecule has 0 amide bonds. The van der Waals surface area contributed by atoms with Gasteiger partial charge in [0, 0.05) is 31.2 Å². The van der Waals surface area contributed by atoms with Crippen LogP contribution in [0.2, 0.25) is 0 Å². The van der Waals surface area contributed by atoms with Gasteiger partial charge in [-0.2, -0.15) is 0 Å². The SMILES string of the molecule is CCC(C)C1CN(C2CCCCC2C(C)C)C(CC)CN1. The summed E-state index contributed by atoms with van der Waals surface area (Å²) in [6.07, 6.45) is 8.38. The van der Waals surface area contributed by atoms with Crippen LogP contribution in [0.5, 0.6) is 0 Å². The molecule has 5 unspecified atom stereocenters. The molecule has 2 nitrogen and oxygen atoms in total. The molecule has 0 bridgehead atoms. The van der Waals surface area contributed by atoms with Crippen molar-refractivity contribution in [1.29, 1.82) is 0 Å². The topological polar surface area (TPSA) is 15.3 Å². The molecule has 0 spiro atoms. The van der Waals surface area contributed by atoms with Gasteiger partial charge in [0.15, 0.2) is 0 Å². The lowest BCUT2D eigenvalue weighted by Crippen LogP contribution is -2.62. The van der Waals surface area contributed by atoms with Crippen LogP contribution in [-0.4, -0.2) is 36.1 Å². The van der Waals surface area contributed by atoms with Crippen LogP contribution in [0, 0.1) is 17.8 Å². The van der Waals surface area contributed by atoms with Crippen molar-refractivity contribution in [1.82, 2.24) is 10.2 Å². The normalized spacial score (nSPS) is 36.9. The Morgan fingerprint density at radius 3 is 2.43 bits per heavy atom. The van der Waals surface area contributed by atoms with Crippen LogP contribution in [0.3, 0.4) is 0 Å². The average molecular weight is 295 g/mol. The minimum atomic E-state index is 0.701. The number of hydrogen-bond donors (Lipinski definition) is 1. The second kappa shape index (κ2) is 7.97. The molecule has 2 aliphatic rings. The number of piperazine rings is 1. The zero-order chi connectivity index (χ0) is 15.4. The largest absolute Gasteiger partial charge is 0.311 e. The van der Waals surface area contributed by atoms with E-state index in [1.807, 2.05) is 0 Å². The molecule has 21 heavy (non-hydrogen) atoms. The molecular weight excluding hydrogens is 256 g/mol. The van der Waals surface area contributed by atoms with E-state index >= 15 is 0 Å². The zero-order valence-electron chi connectivity index (χ0n) is 15.1. The zero-order valence-corrected chi connectivity index (χ0v) is 15.1. The van der Waals surface area contributed by atoms with E-state index in [1.165, 1.54) is 51.6 Å². The summed E-state index contributed by atoms with van der Waals surface area (Å²) in [5.74, 6) is 2.56. The number of rotatable bonds is 5. The van der Waals surface area contributed by atoms with Gasteiger partial charge in [0.2, 0.25) is 0 Å². The Morgan fingerprint density at radius 2 is 1.81 bits per heavy atom. The molecule has 1 aliphatic heterocycles. The number of nitrogens with zero attached hydrogens (tertiary/aromatic N) is 1. The first-order valence-electron chi connectivity index (χ1n) is 9.57. The summed E-state index contributed by atoms with van der Waals surface area (Å²) in [5.41, 5.74) is 0. The molecule has 5 atom stereocenters. The van der Waals surface area contributed by atoms with E-state index in [0.717, 1.165) is 29.8 Å². The Hall–Kier alpha value is -0.0800. The first-order valence-corrected chi connectivity index (χ1v) is 9.57. The van der Waals surface area contributed by atoms with Crippen molar-refractivity contribution in [3.63, 3.8) is 0 Å². The predicted molar refractivity (Wildman–Crippen MR) is 92.6 cm³/mol. The standard InChI is InChI=1S/C19H38N2/c1-6-15(5)18-13-21(16(7-2)12-20-18)19-11-9-8-10-17(19)14(3)4/h14-20H,6-13H2,1-5H3. The minimum Gasteiger partial charge on any atom is -0.311 e. The highest BCUT2D eigenvalue weighted by atomic mass is 15.3. The summed E-state index contributed by atoms with van der Waals surface area (Å²) in [4.78, 5) is 2.93. The van der Waals surface area contributed by atoms with Gasteiger partial charge in [-0.25, -0.2) is 0 Å². The smallest absolute Gasteiger partial charge is 0.0221 e. The van der Waals surface area contributed by atoms with Crippen molar-refractivity contribution in [3.05, 3.63) is 0 Å². The van der Waals surface area contributed by atoms with Gasteiger partial charge in [-0.1, -0.05) is 53.9 Å². The quantitative estimate of drug-likeness (QED) is 0.813. The number of nitrogens with one attached hydrogen (secondary N) is 1. The summed E-state index contributed by atoms with van der Waals surface area (Å²) in [7, 11) is 0. The Balaban J connectivity index is 2.11. The molecule has 0 aromatic heterocycles. The maximum Gasteiger partial charge on any atom is 0.0221 e. The molecule has 2 heteroatoms. The maximum atomic E-state index is 3.84. The van der Waals surface area contributed by atoms with Gasteiger partial charge in [-0.05, 0) is 37.0 Å². The van der Waals surface area contributed by atoms with Crippen LogP contribution >= 0.6 is 0 Å². The second-order valence-electron chi connectivity index (χ2n) is 7.92. The van der Waals surface area contributed by atoms with E-state index in [-0.39, 0.29) is 0 Å². The van der Waals surface area contributed by atoms with Gasteiger partial charge in [0.05, 0.1) is 0 Å². The van der Waals surface area contributed by atoms with Gasteiger partial charge in [-0.15, -0.1) is 0 Å². The van der Waals surface area contributed by atoms with Crippen molar-refractivity contribution >= 4 is 0 Å². The highest BCUT2D eigenvalue weighted by molar-refractivity contribution is 4.95. The van der Waals surface area contributed by atoms with Crippen molar-refractivity contribution in [3.8, 4) is 0 Å². The lowest BCUT2D eigenvalue weighted by molar-refractivity contribution is 0.00698. The van der Waals surface area contributed by atoms with Crippen molar-refractivity contribution in [2.75, 3.05) is 13.1 Å². The van der Waals surface area contributed by atoms with E-state index in [4.69, 9.17) is 0 Å². The molecule has 1 N–H and O–H groups in total. The third kappa shape index (κ3) is 4.01. The third-order valence-electron chi connectivity index (χ3n) is 6.36. The van der Waals surface area contributed by atoms with Crippen LogP contribution < -0.4 is 5.32 Å². The molecule has 2 fully saturated rings. The van der Waals surface area contributed by atoms with E-state index in [1.54, 1.807) is 0 Å². The molecular formula is C19H38N2. The van der Waals surface area contributed by atoms with Crippen molar-refractivity contribution in [2.45, 2.75) is 91.3 Å². The summed E-state index contributed by atoms with van der Waals surface area (Å²) >= 11 is 0. The highest BCUT2D eigenvalue weighted by Crippen LogP contribution is 2.36. The second-order valence-corrected chi connectivity index (χ2v) is 7.92. The number of hydrogen-bond acceptors (Lipinski definition) is 2. The fraction of sp³-hybridized carbons (Fsp3) is 1.00. The van der Waals surface area contributed by atoms with E-state index in [2.05, 4.69) is 44.8 Å². The van der Waals surface area contributed by atoms with Crippen LogP contribution in [0.25, 0.3) is 0 Å². The lowest BCUT2D eigenvalue weighted by atomic mass is 9.76. The fourth-order valence-corrected chi connectivity index (χ4v) is 4.63. The summed E-state index contributed by atoms with van der Waals surface area (Å²) in [6.45, 7) is 14.5. The molecule has 0 aromatic carbocycles. The summed E-state index contributed by atoms with van der Waals surface area (Å²) in [5, 5.41) is 3.84. The van der Waals surface area contributed by atoms with E-state index in [0.29, 0.717) is 6.04 Å². The van der Waals surface area contributed by atoms with E-state index in [9.17, 15) is 0 Å². The first kappa shape index (κ1) is 17.3. The lowest BCUT2D eigenvalue weighted by Gasteiger charge is -2.50. The molecule has 0 aromatic rings.